The lowest BCUT2D eigenvalue weighted by Crippen LogP contribution is -2.01. The normalized spacial score (nSPS) is 14.4. The lowest BCUT2D eigenvalue weighted by molar-refractivity contribution is -0.149. The third-order valence-electron chi connectivity index (χ3n) is 5.17. The van der Waals surface area contributed by atoms with Crippen molar-refractivity contribution in [2.75, 3.05) is 7.11 Å². The van der Waals surface area contributed by atoms with E-state index in [1.54, 1.807) is 13.3 Å². The molecule has 0 spiro atoms. The van der Waals surface area contributed by atoms with Crippen LogP contribution in [0, 0.1) is 0 Å². The zero-order valence-electron chi connectivity index (χ0n) is 15.3. The first-order chi connectivity index (χ1) is 13.6. The number of hydrogen-bond acceptors (Lipinski definition) is 4. The van der Waals surface area contributed by atoms with E-state index >= 15 is 0 Å². The van der Waals surface area contributed by atoms with Crippen LogP contribution >= 0.6 is 0 Å². The van der Waals surface area contributed by atoms with E-state index < -0.39 is 11.9 Å². The van der Waals surface area contributed by atoms with Gasteiger partial charge in [-0.3, -0.25) is 0 Å². The highest BCUT2D eigenvalue weighted by Gasteiger charge is 2.37. The van der Waals surface area contributed by atoms with Crippen LogP contribution in [0.5, 0.6) is 5.75 Å². The van der Waals surface area contributed by atoms with Gasteiger partial charge in [-0.1, -0.05) is 18.2 Å². The summed E-state index contributed by atoms with van der Waals surface area (Å²) >= 11 is 0. The van der Waals surface area contributed by atoms with Crippen molar-refractivity contribution < 1.29 is 19.1 Å². The lowest BCUT2D eigenvalue weighted by atomic mass is 9.95. The van der Waals surface area contributed by atoms with Gasteiger partial charge in [0.15, 0.2) is 0 Å². The summed E-state index contributed by atoms with van der Waals surface area (Å²) in [6.07, 6.45) is 3.58. The molecule has 1 aliphatic rings. The SMILES string of the molecule is COc1ccc2c(c1)c(C1=C(c3c[nH]c4ccccc34)C(=O)OC1=O)cn2C. The second kappa shape index (κ2) is 5.85. The number of esters is 2. The number of carbonyl (C=O) groups excluding carboxylic acids is 2. The number of fused-ring (bicyclic) bond motifs is 2. The number of rotatable bonds is 3. The highest BCUT2D eigenvalue weighted by atomic mass is 16.6. The number of cyclic esters (lactones) is 2. The van der Waals surface area contributed by atoms with E-state index in [0.717, 1.165) is 21.8 Å². The standard InChI is InChI=1S/C22H16N2O4/c1-24-11-16(14-9-12(27-2)7-8-18(14)24)20-19(21(25)28-22(20)26)15-10-23-17-6-4-3-5-13(15)17/h3-11,23H,1-2H3. The van der Waals surface area contributed by atoms with Crippen molar-refractivity contribution in [2.24, 2.45) is 7.05 Å². The maximum atomic E-state index is 12.7. The van der Waals surface area contributed by atoms with Crippen molar-refractivity contribution >= 4 is 44.9 Å². The van der Waals surface area contributed by atoms with Gasteiger partial charge in [-0.2, -0.15) is 0 Å². The predicted octanol–water partition coefficient (Wildman–Crippen LogP) is 3.66. The molecule has 0 atom stereocenters. The van der Waals surface area contributed by atoms with Gasteiger partial charge in [-0.25, -0.2) is 9.59 Å². The largest absolute Gasteiger partial charge is 0.497 e. The maximum Gasteiger partial charge on any atom is 0.347 e. The molecule has 1 N–H and O–H groups in total. The Bertz CT molecular complexity index is 1320. The number of methoxy groups -OCH3 is 1. The smallest absolute Gasteiger partial charge is 0.347 e. The minimum atomic E-state index is -0.638. The molecular formula is C22H16N2O4. The molecule has 1 aliphatic heterocycles. The van der Waals surface area contributed by atoms with Crippen LogP contribution in [0.4, 0.5) is 0 Å². The summed E-state index contributed by atoms with van der Waals surface area (Å²) in [6.45, 7) is 0. The minimum Gasteiger partial charge on any atom is -0.497 e. The van der Waals surface area contributed by atoms with Gasteiger partial charge in [-0.05, 0) is 24.3 Å². The molecule has 2 aromatic heterocycles. The van der Waals surface area contributed by atoms with Crippen molar-refractivity contribution in [3.8, 4) is 5.75 Å². The highest BCUT2D eigenvalue weighted by Crippen LogP contribution is 2.40. The molecule has 138 valence electrons. The fourth-order valence-corrected chi connectivity index (χ4v) is 3.86. The summed E-state index contributed by atoms with van der Waals surface area (Å²) in [5, 5.41) is 1.68. The molecule has 3 heterocycles. The Kier molecular flexibility index (Phi) is 3.42. The van der Waals surface area contributed by atoms with Crippen LogP contribution < -0.4 is 4.74 Å². The molecule has 2 aromatic carbocycles. The molecule has 0 bridgehead atoms. The van der Waals surface area contributed by atoms with Crippen LogP contribution in [0.3, 0.4) is 0 Å². The number of H-pyrrole nitrogens is 1. The van der Waals surface area contributed by atoms with Crippen molar-refractivity contribution in [3.63, 3.8) is 0 Å². The van der Waals surface area contributed by atoms with Gasteiger partial charge in [0.1, 0.15) is 5.75 Å². The maximum absolute atomic E-state index is 12.7. The summed E-state index contributed by atoms with van der Waals surface area (Å²) in [4.78, 5) is 28.5. The molecule has 0 amide bonds. The molecular weight excluding hydrogens is 356 g/mol. The van der Waals surface area contributed by atoms with Crippen molar-refractivity contribution in [1.82, 2.24) is 9.55 Å². The monoisotopic (exact) mass is 372 g/mol. The summed E-state index contributed by atoms with van der Waals surface area (Å²) in [7, 11) is 3.49. The highest BCUT2D eigenvalue weighted by molar-refractivity contribution is 6.46. The van der Waals surface area contributed by atoms with E-state index in [-0.39, 0.29) is 11.1 Å². The Balaban J connectivity index is 1.85. The van der Waals surface area contributed by atoms with Crippen molar-refractivity contribution in [3.05, 3.63) is 66.0 Å². The number of aromatic nitrogens is 2. The lowest BCUT2D eigenvalue weighted by Gasteiger charge is -2.03. The molecule has 0 radical (unpaired) electrons. The van der Waals surface area contributed by atoms with Crippen molar-refractivity contribution in [2.45, 2.75) is 0 Å². The average molecular weight is 372 g/mol. The van der Waals surface area contributed by atoms with E-state index in [2.05, 4.69) is 4.98 Å². The fourth-order valence-electron chi connectivity index (χ4n) is 3.86. The number of nitrogens with zero attached hydrogens (tertiary/aromatic N) is 1. The van der Waals surface area contributed by atoms with Gasteiger partial charge >= 0.3 is 11.9 Å². The zero-order chi connectivity index (χ0) is 19.4. The number of carbonyl (C=O) groups is 2. The number of hydrogen-bond donors (Lipinski definition) is 1. The van der Waals surface area contributed by atoms with Gasteiger partial charge in [-0.15, -0.1) is 0 Å². The molecule has 6 heteroatoms. The first-order valence-corrected chi connectivity index (χ1v) is 8.79. The van der Waals surface area contributed by atoms with Crippen molar-refractivity contribution in [1.29, 1.82) is 0 Å². The first-order valence-electron chi connectivity index (χ1n) is 8.79. The predicted molar refractivity (Wildman–Crippen MR) is 106 cm³/mol. The Labute approximate surface area is 160 Å². The van der Waals surface area contributed by atoms with Crippen LogP contribution in [0.2, 0.25) is 0 Å². The third kappa shape index (κ3) is 2.21. The molecule has 0 saturated heterocycles. The Morgan fingerprint density at radius 2 is 1.71 bits per heavy atom. The summed E-state index contributed by atoms with van der Waals surface area (Å²) in [5.74, 6) is -0.600. The van der Waals surface area contributed by atoms with Crippen LogP contribution in [-0.2, 0) is 21.4 Å². The number of nitrogens with one attached hydrogen (secondary N) is 1. The quantitative estimate of drug-likeness (QED) is 0.440. The number of ether oxygens (including phenoxy) is 2. The Morgan fingerprint density at radius 1 is 0.964 bits per heavy atom. The van der Waals surface area contributed by atoms with Gasteiger partial charge in [0.05, 0.1) is 18.3 Å². The molecule has 28 heavy (non-hydrogen) atoms. The van der Waals surface area contributed by atoms with Crippen LogP contribution in [0.1, 0.15) is 11.1 Å². The summed E-state index contributed by atoms with van der Waals surface area (Å²) in [6, 6.07) is 13.3. The first kappa shape index (κ1) is 16.4. The van der Waals surface area contributed by atoms with E-state index in [9.17, 15) is 9.59 Å². The van der Waals surface area contributed by atoms with Gasteiger partial charge in [0, 0.05) is 52.4 Å². The fraction of sp³-hybridized carbons (Fsp3) is 0.0909. The molecule has 0 unspecified atom stereocenters. The van der Waals surface area contributed by atoms with Gasteiger partial charge in [0.2, 0.25) is 0 Å². The molecule has 0 saturated carbocycles. The second-order valence-corrected chi connectivity index (χ2v) is 6.71. The summed E-state index contributed by atoms with van der Waals surface area (Å²) in [5.41, 5.74) is 3.66. The Morgan fingerprint density at radius 3 is 2.50 bits per heavy atom. The molecule has 6 nitrogen and oxygen atoms in total. The van der Waals surface area contributed by atoms with E-state index in [1.807, 2.05) is 60.3 Å². The molecule has 0 fully saturated rings. The van der Waals surface area contributed by atoms with Gasteiger partial charge in [0.25, 0.3) is 0 Å². The topological polar surface area (TPSA) is 73.3 Å². The minimum absolute atomic E-state index is 0.272. The molecule has 5 rings (SSSR count). The average Bonchev–Trinajstić information content (AvgIpc) is 3.34. The number of para-hydroxylation sites is 1. The number of aryl methyl sites for hydroxylation is 1. The third-order valence-corrected chi connectivity index (χ3v) is 5.17. The van der Waals surface area contributed by atoms with Crippen LogP contribution in [-0.4, -0.2) is 28.6 Å². The second-order valence-electron chi connectivity index (χ2n) is 6.71. The van der Waals surface area contributed by atoms with E-state index in [0.29, 0.717) is 16.9 Å². The number of aromatic amines is 1. The summed E-state index contributed by atoms with van der Waals surface area (Å²) < 4.78 is 12.3. The van der Waals surface area contributed by atoms with Gasteiger partial charge < -0.3 is 19.0 Å². The zero-order valence-corrected chi connectivity index (χ0v) is 15.3. The van der Waals surface area contributed by atoms with Crippen LogP contribution in [0.25, 0.3) is 33.0 Å². The molecule has 4 aromatic rings. The van der Waals surface area contributed by atoms with E-state index in [4.69, 9.17) is 9.47 Å². The number of benzene rings is 2. The van der Waals surface area contributed by atoms with Crippen LogP contribution in [0.15, 0.2) is 54.9 Å². The Hall–Kier alpha value is -3.80. The molecule has 0 aliphatic carbocycles. The van der Waals surface area contributed by atoms with E-state index in [1.165, 1.54) is 0 Å².